The van der Waals surface area contributed by atoms with Crippen LogP contribution in [-0.4, -0.2) is 54.8 Å². The van der Waals surface area contributed by atoms with E-state index < -0.39 is 6.10 Å². The maximum absolute atomic E-state index is 12.1. The molecule has 1 saturated heterocycles. The fourth-order valence-corrected chi connectivity index (χ4v) is 5.48. The van der Waals surface area contributed by atoms with Gasteiger partial charge in [-0.3, -0.25) is 14.7 Å². The molecule has 3 heterocycles. The van der Waals surface area contributed by atoms with Crippen molar-refractivity contribution >= 4 is 28.2 Å². The topological polar surface area (TPSA) is 71.9 Å². The number of hydrogen-bond donors (Lipinski definition) is 1. The Morgan fingerprint density at radius 2 is 2.17 bits per heavy atom. The maximum atomic E-state index is 12.1. The van der Waals surface area contributed by atoms with Crippen molar-refractivity contribution in [3.8, 4) is 17.6 Å². The summed E-state index contributed by atoms with van der Waals surface area (Å²) in [6.07, 6.45) is 3.95. The van der Waals surface area contributed by atoms with E-state index >= 15 is 0 Å². The summed E-state index contributed by atoms with van der Waals surface area (Å²) in [5.74, 6) is 7.57. The van der Waals surface area contributed by atoms with Crippen LogP contribution in [0, 0.1) is 23.7 Å². The number of pyridine rings is 1. The number of thiophene rings is 1. The highest BCUT2D eigenvalue weighted by Crippen LogP contribution is 2.34. The molecule has 35 heavy (non-hydrogen) atoms. The van der Waals surface area contributed by atoms with Crippen molar-refractivity contribution in [3.63, 3.8) is 0 Å². The highest BCUT2D eigenvalue weighted by Gasteiger charge is 2.31. The lowest BCUT2D eigenvalue weighted by Gasteiger charge is -2.38. The van der Waals surface area contributed by atoms with Crippen LogP contribution >= 0.6 is 11.3 Å². The number of carbonyl (C=O) groups excluding carboxylic acids is 1. The van der Waals surface area contributed by atoms with Crippen molar-refractivity contribution in [2.45, 2.75) is 31.8 Å². The summed E-state index contributed by atoms with van der Waals surface area (Å²) in [4.78, 5) is 19.9. The van der Waals surface area contributed by atoms with Gasteiger partial charge in [-0.25, -0.2) is 0 Å². The highest BCUT2D eigenvalue weighted by molar-refractivity contribution is 7.10. The number of rotatable bonds is 8. The molecule has 1 aromatic carbocycles. The molecule has 0 spiro atoms. The van der Waals surface area contributed by atoms with E-state index in [2.05, 4.69) is 21.7 Å². The van der Waals surface area contributed by atoms with Crippen molar-refractivity contribution in [2.75, 3.05) is 33.9 Å². The predicted molar refractivity (Wildman–Crippen MR) is 138 cm³/mol. The Bertz CT molecular complexity index is 1180. The smallest absolute Gasteiger partial charge is 0.305 e. The number of likely N-dealkylation sites (tertiary alicyclic amines) is 1. The minimum absolute atomic E-state index is 0.181. The van der Waals surface area contributed by atoms with Crippen molar-refractivity contribution < 1.29 is 19.4 Å². The summed E-state index contributed by atoms with van der Waals surface area (Å²) in [6, 6.07) is 11.6. The van der Waals surface area contributed by atoms with Crippen molar-refractivity contribution in [1.29, 1.82) is 0 Å². The number of fused-ring (bicyclic) bond motifs is 1. The number of hydrogen-bond acceptors (Lipinski definition) is 7. The molecule has 0 aliphatic carbocycles. The predicted octanol–water partition coefficient (Wildman–Crippen LogP) is 4.67. The first-order chi connectivity index (χ1) is 17.1. The number of ether oxygens (including phenoxy) is 2. The lowest BCUT2D eigenvalue weighted by molar-refractivity contribution is -0.142. The zero-order chi connectivity index (χ0) is 24.6. The molecular weight excluding hydrogens is 460 g/mol. The molecule has 0 saturated carbocycles. The molecule has 4 rings (SSSR count). The molecule has 1 N–H and O–H groups in total. The first-order valence-corrected chi connectivity index (χ1v) is 12.9. The second-order valence-electron chi connectivity index (χ2n) is 8.98. The number of aliphatic hydroxyl groups excluding tert-OH is 1. The van der Waals surface area contributed by atoms with Crippen LogP contribution in [0.25, 0.3) is 10.9 Å². The molecule has 3 atom stereocenters. The normalized spacial score (nSPS) is 19.1. The molecule has 7 heteroatoms. The third-order valence-corrected chi connectivity index (χ3v) is 7.61. The summed E-state index contributed by atoms with van der Waals surface area (Å²) >= 11 is 1.64. The third-order valence-electron chi connectivity index (χ3n) is 6.82. The van der Waals surface area contributed by atoms with Crippen LogP contribution in [0.4, 0.5) is 0 Å². The molecule has 2 aromatic heterocycles. The summed E-state index contributed by atoms with van der Waals surface area (Å²) < 4.78 is 10.3. The van der Waals surface area contributed by atoms with E-state index in [1.807, 2.05) is 41.8 Å². The first-order valence-electron chi connectivity index (χ1n) is 12.0. The van der Waals surface area contributed by atoms with Crippen LogP contribution in [-0.2, 0) is 9.53 Å². The molecule has 184 valence electrons. The molecule has 1 aliphatic rings. The standard InChI is InChI=1S/C28H32N2O4S/c1-33-22-8-9-26-25(18-22)24(11-13-29-26)27(31)10-7-20-12-15-30(19-21(20)17-28(32)34-2)14-3-5-23-6-4-16-35-23/h4,6,8-9,11,13,16,18,20-21,27,31H,7,10,12,14-15,17,19H2,1-2H3/t20-,21+,27?/m1/s1. The number of esters is 1. The van der Waals surface area contributed by atoms with E-state index in [0.29, 0.717) is 25.3 Å². The van der Waals surface area contributed by atoms with Gasteiger partial charge in [-0.1, -0.05) is 17.9 Å². The van der Waals surface area contributed by atoms with Crippen LogP contribution in [0.2, 0.25) is 0 Å². The van der Waals surface area contributed by atoms with Gasteiger partial charge in [0.2, 0.25) is 0 Å². The molecule has 3 aromatic rings. The molecule has 1 unspecified atom stereocenters. The van der Waals surface area contributed by atoms with Gasteiger partial charge in [-0.15, -0.1) is 11.3 Å². The molecule has 1 fully saturated rings. The molecule has 0 amide bonds. The van der Waals surface area contributed by atoms with Gasteiger partial charge >= 0.3 is 5.97 Å². The Morgan fingerprint density at radius 1 is 1.29 bits per heavy atom. The third kappa shape index (κ3) is 6.61. The number of aliphatic hydroxyl groups is 1. The average molecular weight is 493 g/mol. The Morgan fingerprint density at radius 3 is 2.94 bits per heavy atom. The van der Waals surface area contributed by atoms with Gasteiger partial charge in [0.25, 0.3) is 0 Å². The van der Waals surface area contributed by atoms with E-state index in [1.165, 1.54) is 7.11 Å². The number of nitrogens with zero attached hydrogens (tertiary/aromatic N) is 2. The lowest BCUT2D eigenvalue weighted by Crippen LogP contribution is -2.41. The number of carbonyl (C=O) groups is 1. The SMILES string of the molecule is COC(=O)C[C@H]1CN(CC#Cc2cccs2)CC[C@H]1CCC(O)c1ccnc2ccc(OC)cc12. The second-order valence-corrected chi connectivity index (χ2v) is 9.93. The number of aromatic nitrogens is 1. The summed E-state index contributed by atoms with van der Waals surface area (Å²) in [5, 5.41) is 14.0. The zero-order valence-corrected chi connectivity index (χ0v) is 21.1. The van der Waals surface area contributed by atoms with E-state index in [9.17, 15) is 9.90 Å². The summed E-state index contributed by atoms with van der Waals surface area (Å²) in [7, 11) is 3.08. The molecule has 0 radical (unpaired) electrons. The molecular formula is C28H32N2O4S. The van der Waals surface area contributed by atoms with Gasteiger partial charge in [0, 0.05) is 24.5 Å². The van der Waals surface area contributed by atoms with Crippen LogP contribution in [0.1, 0.15) is 42.2 Å². The Hall–Kier alpha value is -2.92. The summed E-state index contributed by atoms with van der Waals surface area (Å²) in [5.41, 5.74) is 1.70. The fourth-order valence-electron chi connectivity index (χ4n) is 4.89. The van der Waals surface area contributed by atoms with Gasteiger partial charge in [0.05, 0.1) is 37.3 Å². The number of benzene rings is 1. The minimum Gasteiger partial charge on any atom is -0.497 e. The first kappa shape index (κ1) is 25.2. The maximum Gasteiger partial charge on any atom is 0.305 e. The van der Waals surface area contributed by atoms with Gasteiger partial charge in [-0.05, 0) is 78.9 Å². The quantitative estimate of drug-likeness (QED) is 0.364. The van der Waals surface area contributed by atoms with E-state index in [-0.39, 0.29) is 11.9 Å². The fraction of sp³-hybridized carbons (Fsp3) is 0.429. The van der Waals surface area contributed by atoms with Crippen LogP contribution in [0.5, 0.6) is 5.75 Å². The van der Waals surface area contributed by atoms with Crippen molar-refractivity contribution in [3.05, 3.63) is 58.4 Å². The lowest BCUT2D eigenvalue weighted by atomic mass is 9.79. The number of methoxy groups -OCH3 is 2. The molecule has 6 nitrogen and oxygen atoms in total. The van der Waals surface area contributed by atoms with E-state index in [0.717, 1.165) is 53.0 Å². The summed E-state index contributed by atoms with van der Waals surface area (Å²) in [6.45, 7) is 2.44. The largest absolute Gasteiger partial charge is 0.497 e. The van der Waals surface area contributed by atoms with Crippen molar-refractivity contribution in [1.82, 2.24) is 9.88 Å². The average Bonchev–Trinajstić information content (AvgIpc) is 3.40. The van der Waals surface area contributed by atoms with Crippen LogP contribution < -0.4 is 4.74 Å². The minimum atomic E-state index is -0.610. The van der Waals surface area contributed by atoms with Gasteiger partial charge < -0.3 is 14.6 Å². The zero-order valence-electron chi connectivity index (χ0n) is 20.3. The van der Waals surface area contributed by atoms with Gasteiger partial charge in [0.1, 0.15) is 5.75 Å². The molecule has 0 bridgehead atoms. The number of piperidine rings is 1. The Kier molecular flexibility index (Phi) is 8.75. The van der Waals surface area contributed by atoms with Gasteiger partial charge in [-0.2, -0.15) is 0 Å². The van der Waals surface area contributed by atoms with E-state index in [4.69, 9.17) is 9.47 Å². The van der Waals surface area contributed by atoms with E-state index in [1.54, 1.807) is 24.6 Å². The Balaban J connectivity index is 1.41. The second kappa shape index (κ2) is 12.2. The molecule has 1 aliphatic heterocycles. The highest BCUT2D eigenvalue weighted by atomic mass is 32.1. The van der Waals surface area contributed by atoms with Crippen LogP contribution in [0.3, 0.4) is 0 Å². The van der Waals surface area contributed by atoms with Gasteiger partial charge in [0.15, 0.2) is 0 Å². The van der Waals surface area contributed by atoms with Crippen molar-refractivity contribution in [2.24, 2.45) is 11.8 Å². The Labute approximate surface area is 210 Å². The monoisotopic (exact) mass is 492 g/mol. The van der Waals surface area contributed by atoms with Crippen LogP contribution in [0.15, 0.2) is 48.0 Å².